The van der Waals surface area contributed by atoms with Crippen LogP contribution in [0.1, 0.15) is 19.5 Å². The molecule has 0 aliphatic rings. The van der Waals surface area contributed by atoms with Crippen molar-refractivity contribution in [2.24, 2.45) is 0 Å². The van der Waals surface area contributed by atoms with Crippen LogP contribution in [0.5, 0.6) is 0 Å². The Labute approximate surface area is 82.5 Å². The van der Waals surface area contributed by atoms with Gasteiger partial charge in [0.1, 0.15) is 11.4 Å². The van der Waals surface area contributed by atoms with Crippen LogP contribution in [0.2, 0.25) is 0 Å². The number of rotatable bonds is 4. The number of aliphatic hydroxyl groups is 1. The Hall–Kier alpha value is -1.00. The minimum atomic E-state index is -1.16. The van der Waals surface area contributed by atoms with E-state index in [1.165, 1.54) is 12.1 Å². The lowest BCUT2D eigenvalue weighted by atomic mass is 10.0. The number of ether oxygens (including phenoxy) is 1. The summed E-state index contributed by atoms with van der Waals surface area (Å²) in [6.45, 7) is 4.11. The first kappa shape index (κ1) is 11.1. The standard InChI is InChI=1S/C10H14FNO2/c1-3-14-7-10(2,13)9-5-4-8(11)6-12-9/h4-6,13H,3,7H2,1-2H3. The van der Waals surface area contributed by atoms with Gasteiger partial charge < -0.3 is 9.84 Å². The number of nitrogens with zero attached hydrogens (tertiary/aromatic N) is 1. The van der Waals surface area contributed by atoms with Gasteiger partial charge in [-0.2, -0.15) is 0 Å². The third-order valence-electron chi connectivity index (χ3n) is 1.87. The van der Waals surface area contributed by atoms with Gasteiger partial charge in [-0.25, -0.2) is 4.39 Å². The lowest BCUT2D eigenvalue weighted by Crippen LogP contribution is -2.29. The molecule has 1 atom stereocenters. The molecule has 1 unspecified atom stereocenters. The van der Waals surface area contributed by atoms with Crippen LogP contribution in [-0.4, -0.2) is 23.3 Å². The topological polar surface area (TPSA) is 42.4 Å². The molecular formula is C10H14FNO2. The van der Waals surface area contributed by atoms with E-state index in [1.54, 1.807) is 6.92 Å². The van der Waals surface area contributed by atoms with Crippen LogP contribution in [0.25, 0.3) is 0 Å². The minimum absolute atomic E-state index is 0.155. The maximum absolute atomic E-state index is 12.6. The fraction of sp³-hybridized carbons (Fsp3) is 0.500. The molecule has 3 nitrogen and oxygen atoms in total. The van der Waals surface area contributed by atoms with E-state index in [1.807, 2.05) is 6.92 Å². The molecule has 1 rings (SSSR count). The maximum Gasteiger partial charge on any atom is 0.141 e. The molecular weight excluding hydrogens is 185 g/mol. The number of pyridine rings is 1. The Kier molecular flexibility index (Phi) is 3.55. The summed E-state index contributed by atoms with van der Waals surface area (Å²) in [5, 5.41) is 9.90. The van der Waals surface area contributed by atoms with Gasteiger partial charge >= 0.3 is 0 Å². The Morgan fingerprint density at radius 3 is 2.79 bits per heavy atom. The third-order valence-corrected chi connectivity index (χ3v) is 1.87. The lowest BCUT2D eigenvalue weighted by molar-refractivity contribution is -0.0372. The van der Waals surface area contributed by atoms with Crippen molar-refractivity contribution in [1.82, 2.24) is 4.98 Å². The molecule has 78 valence electrons. The van der Waals surface area contributed by atoms with Gasteiger partial charge in [0.15, 0.2) is 0 Å². The quantitative estimate of drug-likeness (QED) is 0.798. The van der Waals surface area contributed by atoms with Crippen molar-refractivity contribution in [3.05, 3.63) is 29.8 Å². The summed E-state index contributed by atoms with van der Waals surface area (Å²) in [7, 11) is 0. The van der Waals surface area contributed by atoms with Gasteiger partial charge in [0, 0.05) is 6.61 Å². The zero-order valence-electron chi connectivity index (χ0n) is 8.33. The maximum atomic E-state index is 12.6. The monoisotopic (exact) mass is 199 g/mol. The van der Waals surface area contributed by atoms with E-state index in [4.69, 9.17) is 4.74 Å². The number of hydrogen-bond acceptors (Lipinski definition) is 3. The van der Waals surface area contributed by atoms with E-state index < -0.39 is 11.4 Å². The molecule has 1 aromatic heterocycles. The van der Waals surface area contributed by atoms with Crippen molar-refractivity contribution >= 4 is 0 Å². The molecule has 0 saturated carbocycles. The van der Waals surface area contributed by atoms with Crippen LogP contribution in [0.3, 0.4) is 0 Å². The Bertz CT molecular complexity index is 285. The van der Waals surface area contributed by atoms with Crippen molar-refractivity contribution in [2.75, 3.05) is 13.2 Å². The molecule has 0 aliphatic heterocycles. The van der Waals surface area contributed by atoms with Gasteiger partial charge in [-0.15, -0.1) is 0 Å². The van der Waals surface area contributed by atoms with Gasteiger partial charge in [-0.05, 0) is 26.0 Å². The second kappa shape index (κ2) is 4.48. The van der Waals surface area contributed by atoms with Crippen LogP contribution in [-0.2, 0) is 10.3 Å². The van der Waals surface area contributed by atoms with Crippen LogP contribution in [0, 0.1) is 5.82 Å². The SMILES string of the molecule is CCOCC(C)(O)c1ccc(F)cn1. The third kappa shape index (κ3) is 2.75. The second-order valence-electron chi connectivity index (χ2n) is 3.27. The van der Waals surface area contributed by atoms with Crippen molar-refractivity contribution in [1.29, 1.82) is 0 Å². The highest BCUT2D eigenvalue weighted by Crippen LogP contribution is 2.18. The number of hydrogen-bond donors (Lipinski definition) is 1. The van der Waals surface area contributed by atoms with Crippen LogP contribution in [0.4, 0.5) is 4.39 Å². The van der Waals surface area contributed by atoms with Gasteiger partial charge in [0.05, 0.1) is 18.5 Å². The molecule has 14 heavy (non-hydrogen) atoms. The lowest BCUT2D eigenvalue weighted by Gasteiger charge is -2.21. The minimum Gasteiger partial charge on any atom is -0.381 e. The summed E-state index contributed by atoms with van der Waals surface area (Å²) in [5.41, 5.74) is -0.753. The largest absolute Gasteiger partial charge is 0.381 e. The fourth-order valence-corrected chi connectivity index (χ4v) is 1.07. The molecule has 0 amide bonds. The predicted molar refractivity (Wildman–Crippen MR) is 50.3 cm³/mol. The highest BCUT2D eigenvalue weighted by molar-refractivity contribution is 5.12. The zero-order valence-corrected chi connectivity index (χ0v) is 8.33. The molecule has 0 fully saturated rings. The summed E-state index contributed by atoms with van der Waals surface area (Å²) in [4.78, 5) is 3.80. The van der Waals surface area contributed by atoms with E-state index >= 15 is 0 Å². The molecule has 0 aliphatic carbocycles. The Morgan fingerprint density at radius 2 is 2.29 bits per heavy atom. The summed E-state index contributed by atoms with van der Waals surface area (Å²) < 4.78 is 17.7. The van der Waals surface area contributed by atoms with Gasteiger partial charge in [0.25, 0.3) is 0 Å². The number of aromatic nitrogens is 1. The van der Waals surface area contributed by atoms with Gasteiger partial charge in [0.2, 0.25) is 0 Å². The average molecular weight is 199 g/mol. The highest BCUT2D eigenvalue weighted by Gasteiger charge is 2.24. The fourth-order valence-electron chi connectivity index (χ4n) is 1.07. The van der Waals surface area contributed by atoms with E-state index in [-0.39, 0.29) is 6.61 Å². The van der Waals surface area contributed by atoms with Crippen LogP contribution >= 0.6 is 0 Å². The first-order valence-corrected chi connectivity index (χ1v) is 4.48. The van der Waals surface area contributed by atoms with E-state index in [2.05, 4.69) is 4.98 Å². The van der Waals surface area contributed by atoms with Gasteiger partial charge in [-0.1, -0.05) is 0 Å². The average Bonchev–Trinajstić information content (AvgIpc) is 2.16. The summed E-state index contributed by atoms with van der Waals surface area (Å²) >= 11 is 0. The van der Waals surface area contributed by atoms with E-state index in [0.29, 0.717) is 12.3 Å². The van der Waals surface area contributed by atoms with E-state index in [0.717, 1.165) is 6.20 Å². The molecule has 0 aromatic carbocycles. The van der Waals surface area contributed by atoms with Crippen LogP contribution in [0.15, 0.2) is 18.3 Å². The molecule has 0 bridgehead atoms. The number of halogens is 1. The molecule has 0 radical (unpaired) electrons. The van der Waals surface area contributed by atoms with Crippen molar-refractivity contribution < 1.29 is 14.2 Å². The van der Waals surface area contributed by atoms with Crippen molar-refractivity contribution in [3.8, 4) is 0 Å². The van der Waals surface area contributed by atoms with Gasteiger partial charge in [-0.3, -0.25) is 4.98 Å². The predicted octanol–water partition coefficient (Wildman–Crippen LogP) is 1.46. The van der Waals surface area contributed by atoms with Crippen LogP contribution < -0.4 is 0 Å². The molecule has 1 aromatic rings. The molecule has 0 saturated heterocycles. The normalized spacial score (nSPS) is 15.1. The molecule has 0 spiro atoms. The Morgan fingerprint density at radius 1 is 1.57 bits per heavy atom. The van der Waals surface area contributed by atoms with E-state index in [9.17, 15) is 9.50 Å². The highest BCUT2D eigenvalue weighted by atomic mass is 19.1. The smallest absolute Gasteiger partial charge is 0.141 e. The molecule has 1 N–H and O–H groups in total. The van der Waals surface area contributed by atoms with Crippen molar-refractivity contribution in [3.63, 3.8) is 0 Å². The zero-order chi connectivity index (χ0) is 10.6. The first-order valence-electron chi connectivity index (χ1n) is 4.48. The van der Waals surface area contributed by atoms with Crippen molar-refractivity contribution in [2.45, 2.75) is 19.4 Å². The second-order valence-corrected chi connectivity index (χ2v) is 3.27. The Balaban J connectivity index is 2.75. The molecule has 4 heteroatoms. The molecule has 1 heterocycles. The summed E-state index contributed by atoms with van der Waals surface area (Å²) in [6.07, 6.45) is 1.08. The summed E-state index contributed by atoms with van der Waals surface area (Å²) in [5.74, 6) is -0.416. The first-order chi connectivity index (χ1) is 6.56. The summed E-state index contributed by atoms with van der Waals surface area (Å²) in [6, 6.07) is 2.72.